The number of aromatic nitrogens is 1. The summed E-state index contributed by atoms with van der Waals surface area (Å²) in [4.78, 5) is 19.2. The third-order valence-electron chi connectivity index (χ3n) is 4.28. The summed E-state index contributed by atoms with van der Waals surface area (Å²) in [6.07, 6.45) is 1.31. The Morgan fingerprint density at radius 2 is 1.92 bits per heavy atom. The van der Waals surface area contributed by atoms with Crippen LogP contribution in [0.4, 0.5) is 11.4 Å². The maximum atomic E-state index is 13.0. The van der Waals surface area contributed by atoms with Crippen LogP contribution in [0.3, 0.4) is 0 Å². The van der Waals surface area contributed by atoms with Gasteiger partial charge in [-0.1, -0.05) is 22.0 Å². The lowest BCUT2D eigenvalue weighted by molar-refractivity contribution is 0.0993. The van der Waals surface area contributed by atoms with Gasteiger partial charge in [0.15, 0.2) is 6.17 Å². The fourth-order valence-electron chi connectivity index (χ4n) is 3.05. The molecule has 0 bridgehead atoms. The number of pyridine rings is 1. The van der Waals surface area contributed by atoms with Crippen LogP contribution >= 0.6 is 15.9 Å². The first kappa shape index (κ1) is 16.6. The van der Waals surface area contributed by atoms with E-state index in [1.807, 2.05) is 48.5 Å². The Morgan fingerprint density at radius 1 is 1.12 bits per heavy atom. The maximum absolute atomic E-state index is 13.0. The average molecular weight is 410 g/mol. The molecule has 26 heavy (non-hydrogen) atoms. The van der Waals surface area contributed by atoms with Crippen molar-refractivity contribution in [3.8, 4) is 5.75 Å². The van der Waals surface area contributed by atoms with Crippen molar-refractivity contribution >= 4 is 33.2 Å². The van der Waals surface area contributed by atoms with E-state index in [1.54, 1.807) is 30.3 Å². The quantitative estimate of drug-likeness (QED) is 0.682. The van der Waals surface area contributed by atoms with Crippen molar-refractivity contribution < 1.29 is 9.53 Å². The molecule has 3 aromatic rings. The van der Waals surface area contributed by atoms with Crippen LogP contribution in [0.2, 0.25) is 0 Å². The molecular weight excluding hydrogens is 394 g/mol. The highest BCUT2D eigenvalue weighted by molar-refractivity contribution is 9.10. The third-order valence-corrected chi connectivity index (χ3v) is 4.81. The number of benzene rings is 2. The molecule has 2 aromatic carbocycles. The molecule has 4 rings (SSSR count). The van der Waals surface area contributed by atoms with E-state index in [9.17, 15) is 4.79 Å². The second-order valence-electron chi connectivity index (χ2n) is 5.87. The monoisotopic (exact) mass is 409 g/mol. The Hall–Kier alpha value is -2.86. The highest BCUT2D eigenvalue weighted by Gasteiger charge is 2.39. The molecule has 0 saturated carbocycles. The number of hydrogen-bond donors (Lipinski definition) is 1. The predicted octanol–water partition coefficient (Wildman–Crippen LogP) is 4.62. The van der Waals surface area contributed by atoms with Crippen LogP contribution in [0, 0.1) is 0 Å². The molecule has 2 heterocycles. The number of hydrogen-bond acceptors (Lipinski definition) is 4. The Bertz CT molecular complexity index is 959. The van der Waals surface area contributed by atoms with Crippen LogP contribution in [0.1, 0.15) is 22.2 Å². The first-order valence-corrected chi connectivity index (χ1v) is 8.91. The van der Waals surface area contributed by atoms with Crippen molar-refractivity contribution in [2.75, 3.05) is 17.3 Å². The second kappa shape index (κ2) is 6.80. The minimum absolute atomic E-state index is 0.0871. The van der Waals surface area contributed by atoms with E-state index < -0.39 is 6.17 Å². The van der Waals surface area contributed by atoms with Crippen LogP contribution < -0.4 is 15.0 Å². The molecule has 1 aliphatic heterocycles. The van der Waals surface area contributed by atoms with Crippen LogP contribution in [0.5, 0.6) is 5.75 Å². The van der Waals surface area contributed by atoms with Crippen LogP contribution in [-0.4, -0.2) is 18.0 Å². The summed E-state index contributed by atoms with van der Waals surface area (Å²) < 4.78 is 6.31. The SMILES string of the molecule is COc1cccc(N2C(=O)c3cccnc3[C@@H]2Nc2ccc(Br)cc2)c1. The van der Waals surface area contributed by atoms with Gasteiger partial charge in [-0.2, -0.15) is 0 Å². The Kier molecular flexibility index (Phi) is 4.34. The van der Waals surface area contributed by atoms with E-state index in [1.165, 1.54) is 0 Å². The van der Waals surface area contributed by atoms with E-state index in [0.29, 0.717) is 17.0 Å². The number of methoxy groups -OCH3 is 1. The molecule has 1 aliphatic rings. The molecule has 0 spiro atoms. The zero-order valence-electron chi connectivity index (χ0n) is 14.0. The lowest BCUT2D eigenvalue weighted by Gasteiger charge is -2.26. The molecule has 0 radical (unpaired) electrons. The summed E-state index contributed by atoms with van der Waals surface area (Å²) >= 11 is 3.44. The lowest BCUT2D eigenvalue weighted by atomic mass is 10.2. The lowest BCUT2D eigenvalue weighted by Crippen LogP contribution is -2.32. The summed E-state index contributed by atoms with van der Waals surface area (Å²) in [6, 6.07) is 18.9. The van der Waals surface area contributed by atoms with Gasteiger partial charge in [0.2, 0.25) is 0 Å². The average Bonchev–Trinajstić information content (AvgIpc) is 2.96. The molecular formula is C20H16BrN3O2. The Labute approximate surface area is 159 Å². The highest BCUT2D eigenvalue weighted by atomic mass is 79.9. The number of halogens is 1. The zero-order valence-corrected chi connectivity index (χ0v) is 15.6. The van der Waals surface area contributed by atoms with Crippen molar-refractivity contribution in [3.63, 3.8) is 0 Å². The van der Waals surface area contributed by atoms with Gasteiger partial charge in [-0.15, -0.1) is 0 Å². The van der Waals surface area contributed by atoms with Gasteiger partial charge < -0.3 is 10.1 Å². The van der Waals surface area contributed by atoms with Gasteiger partial charge >= 0.3 is 0 Å². The van der Waals surface area contributed by atoms with Crippen molar-refractivity contribution in [2.24, 2.45) is 0 Å². The van der Waals surface area contributed by atoms with Gasteiger partial charge in [-0.25, -0.2) is 0 Å². The standard InChI is InChI=1S/C20H16BrN3O2/c1-26-16-5-2-4-15(12-16)24-19(23-14-9-7-13(21)8-10-14)18-17(20(24)25)6-3-11-22-18/h2-12,19,23H,1H3/t19-/m1/s1. The molecule has 0 aliphatic carbocycles. The normalized spacial score (nSPS) is 15.7. The van der Waals surface area contributed by atoms with Gasteiger partial charge in [0.25, 0.3) is 5.91 Å². The van der Waals surface area contributed by atoms with E-state index in [4.69, 9.17) is 4.74 Å². The van der Waals surface area contributed by atoms with Gasteiger partial charge in [-0.05, 0) is 48.5 Å². The van der Waals surface area contributed by atoms with Crippen molar-refractivity contribution in [1.82, 2.24) is 4.98 Å². The molecule has 5 nitrogen and oxygen atoms in total. The van der Waals surface area contributed by atoms with Crippen molar-refractivity contribution in [1.29, 1.82) is 0 Å². The number of rotatable bonds is 4. The molecule has 0 unspecified atom stereocenters. The van der Waals surface area contributed by atoms with E-state index in [0.717, 1.165) is 15.8 Å². The van der Waals surface area contributed by atoms with Gasteiger partial charge in [0, 0.05) is 22.4 Å². The van der Waals surface area contributed by atoms with Gasteiger partial charge in [0.05, 0.1) is 24.1 Å². The molecule has 1 aromatic heterocycles. The number of anilines is 2. The minimum Gasteiger partial charge on any atom is -0.497 e. The number of ether oxygens (including phenoxy) is 1. The second-order valence-corrected chi connectivity index (χ2v) is 6.78. The summed E-state index contributed by atoms with van der Waals surface area (Å²) in [5.74, 6) is 0.609. The molecule has 0 fully saturated rings. The Morgan fingerprint density at radius 3 is 2.69 bits per heavy atom. The minimum atomic E-state index is -0.396. The predicted molar refractivity (Wildman–Crippen MR) is 105 cm³/mol. The first-order chi connectivity index (χ1) is 12.7. The van der Waals surface area contributed by atoms with Crippen LogP contribution in [0.15, 0.2) is 71.3 Å². The Balaban J connectivity index is 1.77. The molecule has 1 N–H and O–H groups in total. The number of nitrogens with one attached hydrogen (secondary N) is 1. The fraction of sp³-hybridized carbons (Fsp3) is 0.100. The zero-order chi connectivity index (χ0) is 18.1. The number of amides is 1. The highest BCUT2D eigenvalue weighted by Crippen LogP contribution is 2.38. The summed E-state index contributed by atoms with van der Waals surface area (Å²) in [7, 11) is 1.61. The maximum Gasteiger partial charge on any atom is 0.262 e. The van der Waals surface area contributed by atoms with Crippen molar-refractivity contribution in [2.45, 2.75) is 6.17 Å². The van der Waals surface area contributed by atoms with Gasteiger partial charge in [-0.3, -0.25) is 14.7 Å². The summed E-state index contributed by atoms with van der Waals surface area (Å²) in [5.41, 5.74) is 2.97. The van der Waals surface area contributed by atoms with Crippen molar-refractivity contribution in [3.05, 3.63) is 82.6 Å². The third kappa shape index (κ3) is 2.93. The topological polar surface area (TPSA) is 54.5 Å². The fourth-order valence-corrected chi connectivity index (χ4v) is 3.31. The van der Waals surface area contributed by atoms with Crippen LogP contribution in [0.25, 0.3) is 0 Å². The van der Waals surface area contributed by atoms with Crippen LogP contribution in [-0.2, 0) is 0 Å². The molecule has 1 amide bonds. The summed E-state index contributed by atoms with van der Waals surface area (Å²) in [6.45, 7) is 0. The molecule has 6 heteroatoms. The smallest absolute Gasteiger partial charge is 0.262 e. The number of carbonyl (C=O) groups excluding carboxylic acids is 1. The molecule has 1 atom stereocenters. The van der Waals surface area contributed by atoms with Gasteiger partial charge in [0.1, 0.15) is 5.75 Å². The van der Waals surface area contributed by atoms with E-state index >= 15 is 0 Å². The molecule has 0 saturated heterocycles. The van der Waals surface area contributed by atoms with E-state index in [-0.39, 0.29) is 5.91 Å². The van der Waals surface area contributed by atoms with E-state index in [2.05, 4.69) is 26.2 Å². The molecule has 130 valence electrons. The largest absolute Gasteiger partial charge is 0.497 e. The number of carbonyl (C=O) groups is 1. The first-order valence-electron chi connectivity index (χ1n) is 8.12. The number of fused-ring (bicyclic) bond motifs is 1. The number of nitrogens with zero attached hydrogens (tertiary/aromatic N) is 2. The summed E-state index contributed by atoms with van der Waals surface area (Å²) in [5, 5.41) is 3.42.